The van der Waals surface area contributed by atoms with E-state index in [0.29, 0.717) is 25.1 Å². The predicted octanol–water partition coefficient (Wildman–Crippen LogP) is 4.40. The topological polar surface area (TPSA) is 82.6 Å². The molecule has 6 nitrogen and oxygen atoms in total. The average Bonchev–Trinajstić information content (AvgIpc) is 2.89. The van der Waals surface area contributed by atoms with Gasteiger partial charge in [-0.15, -0.1) is 0 Å². The van der Waals surface area contributed by atoms with Crippen molar-refractivity contribution in [2.45, 2.75) is 44.9 Å². The SMILES string of the molecule is CCCCNc1ccc(C(=O)NC(Cc2ccccc2)C(O)CNCc2cccc(OC)c2)cc1. The molecule has 0 aliphatic heterocycles. The maximum absolute atomic E-state index is 13.0. The number of unbranched alkanes of at least 4 members (excludes halogenated alkanes) is 1. The highest BCUT2D eigenvalue weighted by Crippen LogP contribution is 2.14. The Kier molecular flexibility index (Phi) is 10.6. The molecule has 0 saturated carbocycles. The van der Waals surface area contributed by atoms with E-state index >= 15 is 0 Å². The van der Waals surface area contributed by atoms with Crippen molar-refractivity contribution in [3.63, 3.8) is 0 Å². The zero-order valence-corrected chi connectivity index (χ0v) is 20.7. The van der Waals surface area contributed by atoms with E-state index in [-0.39, 0.29) is 5.91 Å². The molecule has 3 aromatic rings. The third-order valence-electron chi connectivity index (χ3n) is 5.90. The van der Waals surface area contributed by atoms with Crippen molar-refractivity contribution in [3.05, 3.63) is 95.6 Å². The monoisotopic (exact) mass is 475 g/mol. The fourth-order valence-electron chi connectivity index (χ4n) is 3.84. The van der Waals surface area contributed by atoms with Gasteiger partial charge in [0.2, 0.25) is 0 Å². The molecule has 0 saturated heterocycles. The first-order chi connectivity index (χ1) is 17.1. The van der Waals surface area contributed by atoms with Crippen molar-refractivity contribution in [1.29, 1.82) is 0 Å². The summed E-state index contributed by atoms with van der Waals surface area (Å²) in [4.78, 5) is 13.0. The lowest BCUT2D eigenvalue weighted by atomic mass is 10.0. The zero-order chi connectivity index (χ0) is 24.9. The molecule has 0 bridgehead atoms. The van der Waals surface area contributed by atoms with Crippen LogP contribution in [0.4, 0.5) is 5.69 Å². The first kappa shape index (κ1) is 26.3. The minimum absolute atomic E-state index is 0.196. The van der Waals surface area contributed by atoms with Crippen molar-refractivity contribution in [1.82, 2.24) is 10.6 Å². The number of nitrogens with one attached hydrogen (secondary N) is 3. The van der Waals surface area contributed by atoms with Gasteiger partial charge in [0.15, 0.2) is 0 Å². The molecule has 3 rings (SSSR count). The number of hydrogen-bond donors (Lipinski definition) is 4. The van der Waals surface area contributed by atoms with Gasteiger partial charge in [-0.2, -0.15) is 0 Å². The third kappa shape index (κ3) is 8.74. The van der Waals surface area contributed by atoms with Crippen LogP contribution in [0, 0.1) is 0 Å². The number of aliphatic hydroxyl groups excluding tert-OH is 1. The molecule has 0 radical (unpaired) electrons. The summed E-state index contributed by atoms with van der Waals surface area (Å²) in [6.45, 7) is 4.00. The third-order valence-corrected chi connectivity index (χ3v) is 5.90. The maximum atomic E-state index is 13.0. The highest BCUT2D eigenvalue weighted by atomic mass is 16.5. The molecule has 0 fully saturated rings. The van der Waals surface area contributed by atoms with Gasteiger partial charge in [-0.3, -0.25) is 4.79 Å². The van der Waals surface area contributed by atoms with Crippen LogP contribution in [0.25, 0.3) is 0 Å². The van der Waals surface area contributed by atoms with Crippen LogP contribution in [0.15, 0.2) is 78.9 Å². The number of amides is 1. The molecule has 0 aliphatic rings. The smallest absolute Gasteiger partial charge is 0.251 e. The molecular formula is C29H37N3O3. The minimum atomic E-state index is -0.764. The van der Waals surface area contributed by atoms with Crippen molar-refractivity contribution < 1.29 is 14.6 Å². The van der Waals surface area contributed by atoms with Gasteiger partial charge in [0.1, 0.15) is 5.75 Å². The van der Waals surface area contributed by atoms with Crippen LogP contribution in [0.3, 0.4) is 0 Å². The second-order valence-electron chi connectivity index (χ2n) is 8.68. The summed E-state index contributed by atoms with van der Waals surface area (Å²) < 4.78 is 5.28. The summed E-state index contributed by atoms with van der Waals surface area (Å²) in [5, 5.41) is 20.7. The van der Waals surface area contributed by atoms with Gasteiger partial charge in [-0.25, -0.2) is 0 Å². The van der Waals surface area contributed by atoms with E-state index in [9.17, 15) is 9.90 Å². The average molecular weight is 476 g/mol. The number of rotatable bonds is 14. The Labute approximate surface area is 208 Å². The molecule has 0 aromatic heterocycles. The number of carbonyl (C=O) groups is 1. The van der Waals surface area contributed by atoms with Crippen molar-refractivity contribution in [2.24, 2.45) is 0 Å². The zero-order valence-electron chi connectivity index (χ0n) is 20.7. The van der Waals surface area contributed by atoms with Crippen LogP contribution in [-0.2, 0) is 13.0 Å². The lowest BCUT2D eigenvalue weighted by Gasteiger charge is -2.25. The van der Waals surface area contributed by atoms with Crippen LogP contribution < -0.4 is 20.7 Å². The first-order valence-corrected chi connectivity index (χ1v) is 12.3. The molecule has 0 aliphatic carbocycles. The minimum Gasteiger partial charge on any atom is -0.497 e. The number of hydrogen-bond acceptors (Lipinski definition) is 5. The summed E-state index contributed by atoms with van der Waals surface area (Å²) in [5.74, 6) is 0.600. The van der Waals surface area contributed by atoms with Crippen molar-refractivity contribution >= 4 is 11.6 Å². The Hall–Kier alpha value is -3.35. The van der Waals surface area contributed by atoms with Gasteiger partial charge < -0.3 is 25.8 Å². The van der Waals surface area contributed by atoms with Gasteiger partial charge >= 0.3 is 0 Å². The molecule has 2 unspecified atom stereocenters. The largest absolute Gasteiger partial charge is 0.497 e. The number of benzene rings is 3. The highest BCUT2D eigenvalue weighted by molar-refractivity contribution is 5.94. The first-order valence-electron chi connectivity index (χ1n) is 12.3. The van der Waals surface area contributed by atoms with E-state index in [2.05, 4.69) is 22.9 Å². The van der Waals surface area contributed by atoms with Gasteiger partial charge in [-0.05, 0) is 60.4 Å². The molecule has 0 spiro atoms. The number of aliphatic hydroxyl groups is 1. The summed E-state index contributed by atoms with van der Waals surface area (Å²) in [6.07, 6.45) is 2.01. The molecule has 0 heterocycles. The number of anilines is 1. The Balaban J connectivity index is 1.61. The Morgan fingerprint density at radius 2 is 1.71 bits per heavy atom. The van der Waals surface area contributed by atoms with Crippen LogP contribution in [-0.4, -0.2) is 43.4 Å². The normalized spacial score (nSPS) is 12.5. The summed E-state index contributed by atoms with van der Waals surface area (Å²) in [5.41, 5.74) is 3.69. The van der Waals surface area contributed by atoms with Crippen LogP contribution in [0.1, 0.15) is 41.3 Å². The maximum Gasteiger partial charge on any atom is 0.251 e. The molecule has 3 aromatic carbocycles. The van der Waals surface area contributed by atoms with Crippen LogP contribution >= 0.6 is 0 Å². The second kappa shape index (κ2) is 14.1. The Morgan fingerprint density at radius 3 is 2.43 bits per heavy atom. The summed E-state index contributed by atoms with van der Waals surface area (Å²) in [6, 6.07) is 24.7. The van der Waals surface area contributed by atoms with E-state index in [1.807, 2.05) is 78.9 Å². The number of carbonyl (C=O) groups excluding carboxylic acids is 1. The van der Waals surface area contributed by atoms with Gasteiger partial charge in [0.05, 0.1) is 19.3 Å². The quantitative estimate of drug-likeness (QED) is 0.260. The van der Waals surface area contributed by atoms with Crippen molar-refractivity contribution in [2.75, 3.05) is 25.5 Å². The molecule has 2 atom stereocenters. The van der Waals surface area contributed by atoms with E-state index in [1.165, 1.54) is 0 Å². The van der Waals surface area contributed by atoms with E-state index in [0.717, 1.165) is 42.0 Å². The highest BCUT2D eigenvalue weighted by Gasteiger charge is 2.22. The summed E-state index contributed by atoms with van der Waals surface area (Å²) in [7, 11) is 1.64. The predicted molar refractivity (Wildman–Crippen MR) is 142 cm³/mol. The molecule has 35 heavy (non-hydrogen) atoms. The molecular weight excluding hydrogens is 438 g/mol. The Morgan fingerprint density at radius 1 is 0.971 bits per heavy atom. The second-order valence-corrected chi connectivity index (χ2v) is 8.68. The van der Waals surface area contributed by atoms with Crippen molar-refractivity contribution in [3.8, 4) is 5.75 Å². The van der Waals surface area contributed by atoms with Gasteiger partial charge in [0.25, 0.3) is 5.91 Å². The Bertz CT molecular complexity index is 1020. The lowest BCUT2D eigenvalue weighted by molar-refractivity contribution is 0.0830. The summed E-state index contributed by atoms with van der Waals surface area (Å²) >= 11 is 0. The van der Waals surface area contributed by atoms with Gasteiger partial charge in [-0.1, -0.05) is 55.8 Å². The molecule has 4 N–H and O–H groups in total. The molecule has 186 valence electrons. The van der Waals surface area contributed by atoms with E-state index < -0.39 is 12.1 Å². The molecule has 6 heteroatoms. The lowest BCUT2D eigenvalue weighted by Crippen LogP contribution is -2.48. The van der Waals surface area contributed by atoms with Crippen LogP contribution in [0.2, 0.25) is 0 Å². The number of methoxy groups -OCH3 is 1. The van der Waals surface area contributed by atoms with Gasteiger partial charge in [0, 0.05) is 30.9 Å². The van der Waals surface area contributed by atoms with E-state index in [1.54, 1.807) is 7.11 Å². The van der Waals surface area contributed by atoms with Crippen LogP contribution in [0.5, 0.6) is 5.75 Å². The number of ether oxygens (including phenoxy) is 1. The van der Waals surface area contributed by atoms with E-state index in [4.69, 9.17) is 4.74 Å². The standard InChI is InChI=1S/C29H37N3O3/c1-3-4-17-31-25-15-13-24(14-16-25)29(34)32-27(19-22-9-6-5-7-10-22)28(33)21-30-20-23-11-8-12-26(18-23)35-2/h5-16,18,27-28,30-31,33H,3-4,17,19-21H2,1-2H3,(H,32,34). The molecule has 1 amide bonds. The fraction of sp³-hybridized carbons (Fsp3) is 0.345. The fourth-order valence-corrected chi connectivity index (χ4v) is 3.84.